The molecule has 0 saturated heterocycles. The molecule has 0 aromatic carbocycles. The SMILES string of the molecule is CSc1nc2n(n1)[C@@H](c1sccc1C)C1=C(C[C@@H](C)CC1=O)N2. The minimum Gasteiger partial charge on any atom is -0.328 e. The quantitative estimate of drug-likeness (QED) is 0.841. The van der Waals surface area contributed by atoms with Gasteiger partial charge in [0.1, 0.15) is 6.04 Å². The highest BCUT2D eigenvalue weighted by atomic mass is 32.2. The zero-order chi connectivity index (χ0) is 16.1. The zero-order valence-corrected chi connectivity index (χ0v) is 14.9. The molecule has 2 atom stereocenters. The van der Waals surface area contributed by atoms with Crippen molar-refractivity contribution in [3.05, 3.63) is 33.2 Å². The highest BCUT2D eigenvalue weighted by molar-refractivity contribution is 7.98. The Balaban J connectivity index is 1.92. The molecule has 0 radical (unpaired) electrons. The van der Waals surface area contributed by atoms with E-state index in [0.717, 1.165) is 28.8 Å². The Hall–Kier alpha value is -1.60. The van der Waals surface area contributed by atoms with Gasteiger partial charge < -0.3 is 5.32 Å². The van der Waals surface area contributed by atoms with E-state index < -0.39 is 0 Å². The average molecular weight is 346 g/mol. The standard InChI is InChI=1S/C16H18N4OS2/c1-8-6-10-12(11(21)7-8)13(14-9(2)4-5-23-14)20-15(17-10)18-16(19-20)22-3/h4-5,8,13H,6-7H2,1-3H3,(H,17,18,19)/t8-,13-/m1/s1. The van der Waals surface area contributed by atoms with Gasteiger partial charge in [0, 0.05) is 22.6 Å². The summed E-state index contributed by atoms with van der Waals surface area (Å²) in [6.45, 7) is 4.22. The number of nitrogens with zero attached hydrogens (tertiary/aromatic N) is 3. The maximum absolute atomic E-state index is 12.8. The van der Waals surface area contributed by atoms with E-state index in [2.05, 4.69) is 40.7 Å². The maximum Gasteiger partial charge on any atom is 0.227 e. The van der Waals surface area contributed by atoms with Crippen molar-refractivity contribution in [1.82, 2.24) is 14.8 Å². The second-order valence-corrected chi connectivity index (χ2v) is 7.91. The van der Waals surface area contributed by atoms with Crippen LogP contribution in [0.5, 0.6) is 0 Å². The molecule has 4 rings (SSSR count). The van der Waals surface area contributed by atoms with Crippen LogP contribution in [-0.2, 0) is 4.79 Å². The smallest absolute Gasteiger partial charge is 0.227 e. The van der Waals surface area contributed by atoms with Crippen molar-refractivity contribution in [1.29, 1.82) is 0 Å². The van der Waals surface area contributed by atoms with Crippen molar-refractivity contribution in [2.24, 2.45) is 5.92 Å². The lowest BCUT2D eigenvalue weighted by atomic mass is 9.82. The molecule has 1 aliphatic heterocycles. The number of aromatic nitrogens is 3. The van der Waals surface area contributed by atoms with Crippen LogP contribution >= 0.6 is 23.1 Å². The lowest BCUT2D eigenvalue weighted by Gasteiger charge is -2.33. The highest BCUT2D eigenvalue weighted by Gasteiger charge is 2.39. The van der Waals surface area contributed by atoms with Crippen LogP contribution in [0.3, 0.4) is 0 Å². The van der Waals surface area contributed by atoms with Crippen LogP contribution < -0.4 is 5.32 Å². The van der Waals surface area contributed by atoms with Gasteiger partial charge in [0.25, 0.3) is 0 Å². The molecule has 3 heterocycles. The Labute approximate surface area is 143 Å². The van der Waals surface area contributed by atoms with Crippen LogP contribution in [0, 0.1) is 12.8 Å². The summed E-state index contributed by atoms with van der Waals surface area (Å²) in [5.41, 5.74) is 3.10. The van der Waals surface area contributed by atoms with Crippen LogP contribution in [-0.4, -0.2) is 26.8 Å². The first kappa shape index (κ1) is 15.0. The van der Waals surface area contributed by atoms with Crippen LogP contribution in [0.2, 0.25) is 0 Å². The lowest BCUT2D eigenvalue weighted by molar-refractivity contribution is -0.117. The average Bonchev–Trinajstić information content (AvgIpc) is 3.10. The van der Waals surface area contributed by atoms with Crippen LogP contribution in [0.25, 0.3) is 0 Å². The number of ketones is 1. The predicted octanol–water partition coefficient (Wildman–Crippen LogP) is 3.64. The molecule has 1 aliphatic carbocycles. The fraction of sp³-hybridized carbons (Fsp3) is 0.438. The molecule has 0 amide bonds. The molecular weight excluding hydrogens is 328 g/mol. The number of thiophene rings is 1. The van der Waals surface area contributed by atoms with E-state index in [4.69, 9.17) is 0 Å². The Morgan fingerprint density at radius 1 is 1.43 bits per heavy atom. The van der Waals surface area contributed by atoms with Crippen molar-refractivity contribution in [2.45, 2.75) is 37.9 Å². The highest BCUT2D eigenvalue weighted by Crippen LogP contribution is 2.43. The molecule has 7 heteroatoms. The predicted molar refractivity (Wildman–Crippen MR) is 93.1 cm³/mol. The third kappa shape index (κ3) is 2.33. The Bertz CT molecular complexity index is 820. The molecule has 2 aliphatic rings. The van der Waals surface area contributed by atoms with Gasteiger partial charge in [-0.15, -0.1) is 16.4 Å². The van der Waals surface area contributed by atoms with Crippen LogP contribution in [0.15, 0.2) is 27.9 Å². The first-order valence-corrected chi connectivity index (χ1v) is 9.76. The number of anilines is 1. The molecule has 23 heavy (non-hydrogen) atoms. The molecule has 0 spiro atoms. The minimum atomic E-state index is -0.144. The van der Waals surface area contributed by atoms with Crippen molar-refractivity contribution in [2.75, 3.05) is 11.6 Å². The minimum absolute atomic E-state index is 0.144. The zero-order valence-electron chi connectivity index (χ0n) is 13.3. The number of aryl methyl sites for hydroxylation is 1. The maximum atomic E-state index is 12.8. The number of thioether (sulfide) groups is 1. The number of Topliss-reactive ketones (excluding diaryl/α,β-unsaturated/α-hetero) is 1. The lowest BCUT2D eigenvalue weighted by Crippen LogP contribution is -2.33. The van der Waals surface area contributed by atoms with E-state index in [0.29, 0.717) is 12.3 Å². The van der Waals surface area contributed by atoms with Crippen LogP contribution in [0.1, 0.15) is 36.2 Å². The molecule has 0 unspecified atom stereocenters. The van der Waals surface area contributed by atoms with Gasteiger partial charge in [-0.05, 0) is 42.5 Å². The first-order valence-electron chi connectivity index (χ1n) is 7.66. The number of rotatable bonds is 2. The molecule has 120 valence electrons. The second kappa shape index (κ2) is 5.49. The van der Waals surface area contributed by atoms with Gasteiger partial charge in [0.2, 0.25) is 11.1 Å². The molecule has 0 saturated carbocycles. The molecule has 1 N–H and O–H groups in total. The number of carbonyl (C=O) groups excluding carboxylic acids is 1. The van der Waals surface area contributed by atoms with Crippen molar-refractivity contribution in [3.63, 3.8) is 0 Å². The summed E-state index contributed by atoms with van der Waals surface area (Å²) in [5, 5.41) is 10.8. The van der Waals surface area contributed by atoms with Gasteiger partial charge in [-0.3, -0.25) is 4.79 Å². The Morgan fingerprint density at radius 3 is 2.96 bits per heavy atom. The number of fused-ring (bicyclic) bond motifs is 1. The summed E-state index contributed by atoms with van der Waals surface area (Å²) >= 11 is 3.20. The van der Waals surface area contributed by atoms with Crippen LogP contribution in [0.4, 0.5) is 5.95 Å². The summed E-state index contributed by atoms with van der Waals surface area (Å²) in [5.74, 6) is 1.34. The number of hydrogen-bond acceptors (Lipinski definition) is 6. The topological polar surface area (TPSA) is 59.8 Å². The molecule has 2 aromatic rings. The van der Waals surface area contributed by atoms with E-state index in [1.165, 1.54) is 22.2 Å². The number of allylic oxidation sites excluding steroid dienone is 2. The molecule has 0 bridgehead atoms. The van der Waals surface area contributed by atoms with Gasteiger partial charge >= 0.3 is 0 Å². The summed E-state index contributed by atoms with van der Waals surface area (Å²) in [6, 6.07) is 1.96. The van der Waals surface area contributed by atoms with E-state index in [1.54, 1.807) is 11.3 Å². The van der Waals surface area contributed by atoms with Gasteiger partial charge in [-0.2, -0.15) is 4.98 Å². The molecule has 0 fully saturated rings. The Morgan fingerprint density at radius 2 is 2.26 bits per heavy atom. The van der Waals surface area contributed by atoms with Gasteiger partial charge in [-0.25, -0.2) is 4.68 Å². The van der Waals surface area contributed by atoms with Gasteiger partial charge in [0.05, 0.1) is 0 Å². The fourth-order valence-electron chi connectivity index (χ4n) is 3.38. The number of carbonyl (C=O) groups is 1. The van der Waals surface area contributed by atoms with Crippen molar-refractivity contribution >= 4 is 34.8 Å². The number of nitrogens with one attached hydrogen (secondary N) is 1. The summed E-state index contributed by atoms with van der Waals surface area (Å²) in [6.07, 6.45) is 3.47. The monoisotopic (exact) mass is 346 g/mol. The summed E-state index contributed by atoms with van der Waals surface area (Å²) in [7, 11) is 0. The van der Waals surface area contributed by atoms with Crippen molar-refractivity contribution in [3.8, 4) is 0 Å². The number of hydrogen-bond donors (Lipinski definition) is 1. The Kier molecular flexibility index (Phi) is 3.57. The first-order chi connectivity index (χ1) is 11.1. The third-order valence-corrected chi connectivity index (χ3v) is 6.05. The van der Waals surface area contributed by atoms with Gasteiger partial charge in [0.15, 0.2) is 5.78 Å². The fourth-order valence-corrected chi connectivity index (χ4v) is 4.75. The van der Waals surface area contributed by atoms with Crippen molar-refractivity contribution < 1.29 is 4.79 Å². The largest absolute Gasteiger partial charge is 0.328 e. The van der Waals surface area contributed by atoms with E-state index >= 15 is 0 Å². The third-order valence-electron chi connectivity index (χ3n) is 4.44. The van der Waals surface area contributed by atoms with E-state index in [1.807, 2.05) is 10.9 Å². The summed E-state index contributed by atoms with van der Waals surface area (Å²) < 4.78 is 1.89. The van der Waals surface area contributed by atoms with Gasteiger partial charge in [-0.1, -0.05) is 18.7 Å². The molecular formula is C16H18N4OS2. The van der Waals surface area contributed by atoms with E-state index in [-0.39, 0.29) is 11.8 Å². The second-order valence-electron chi connectivity index (χ2n) is 6.19. The molecule has 5 nitrogen and oxygen atoms in total. The molecule has 2 aromatic heterocycles. The normalized spacial score (nSPS) is 23.5. The van der Waals surface area contributed by atoms with E-state index in [9.17, 15) is 4.79 Å². The summed E-state index contributed by atoms with van der Waals surface area (Å²) in [4.78, 5) is 18.5.